The van der Waals surface area contributed by atoms with Gasteiger partial charge in [0.1, 0.15) is 5.82 Å². The molecule has 23 heavy (non-hydrogen) atoms. The molecule has 1 aromatic rings. The van der Waals surface area contributed by atoms with Crippen molar-refractivity contribution in [2.75, 3.05) is 26.2 Å². The van der Waals surface area contributed by atoms with Crippen LogP contribution in [0.5, 0.6) is 0 Å². The fraction of sp³-hybridized carbons (Fsp3) is 0.647. The van der Waals surface area contributed by atoms with E-state index in [4.69, 9.17) is 0 Å². The number of nitrogens with zero attached hydrogens (tertiary/aromatic N) is 1. The summed E-state index contributed by atoms with van der Waals surface area (Å²) < 4.78 is 14.6. The van der Waals surface area contributed by atoms with Gasteiger partial charge in [0, 0.05) is 32.2 Å². The predicted molar refractivity (Wildman–Crippen MR) is 102 cm³/mol. The number of nitrogens with one attached hydrogen (secondary N) is 1. The molecule has 1 aliphatic heterocycles. The lowest BCUT2D eigenvalue weighted by Crippen LogP contribution is -2.47. The molecule has 0 bridgehead atoms. The lowest BCUT2D eigenvalue weighted by molar-refractivity contribution is 0.103. The average molecular weight is 428 g/mol. The Bertz CT molecular complexity index is 460. The minimum absolute atomic E-state index is 0. The molecule has 1 aromatic carbocycles. The quantitative estimate of drug-likeness (QED) is 0.733. The third-order valence-electron chi connectivity index (χ3n) is 4.93. The van der Waals surface area contributed by atoms with Gasteiger partial charge in [0.2, 0.25) is 0 Å². The molecule has 1 atom stereocenters. The second-order valence-electron chi connectivity index (χ2n) is 6.30. The summed E-state index contributed by atoms with van der Waals surface area (Å²) in [6.07, 6.45) is 6.58. The topological polar surface area (TPSA) is 15.3 Å². The summed E-state index contributed by atoms with van der Waals surface area (Å²) >= 11 is 3.27. The van der Waals surface area contributed by atoms with Gasteiger partial charge in [0.25, 0.3) is 0 Å². The predicted octanol–water partition coefficient (Wildman–Crippen LogP) is 4.96. The molecule has 1 saturated heterocycles. The van der Waals surface area contributed by atoms with Gasteiger partial charge in [-0.3, -0.25) is 4.90 Å². The molecule has 2 nitrogen and oxygen atoms in total. The molecular formula is C17H26BrCl2FN2. The van der Waals surface area contributed by atoms with Crippen LogP contribution in [0.4, 0.5) is 4.39 Å². The molecule has 1 N–H and O–H groups in total. The maximum Gasteiger partial charge on any atom is 0.137 e. The minimum atomic E-state index is -0.136. The van der Waals surface area contributed by atoms with Gasteiger partial charge in [0.05, 0.1) is 4.47 Å². The van der Waals surface area contributed by atoms with Crippen LogP contribution >= 0.6 is 40.7 Å². The Morgan fingerprint density at radius 2 is 1.74 bits per heavy atom. The van der Waals surface area contributed by atoms with E-state index in [-0.39, 0.29) is 30.6 Å². The Morgan fingerprint density at radius 1 is 1.09 bits per heavy atom. The zero-order valence-electron chi connectivity index (χ0n) is 13.3. The number of halogens is 4. The van der Waals surface area contributed by atoms with E-state index in [1.165, 1.54) is 32.1 Å². The zero-order chi connectivity index (χ0) is 14.7. The molecule has 6 heteroatoms. The molecule has 2 aliphatic rings. The summed E-state index contributed by atoms with van der Waals surface area (Å²) in [6.45, 7) is 4.22. The van der Waals surface area contributed by atoms with Gasteiger partial charge in [-0.05, 0) is 52.4 Å². The van der Waals surface area contributed by atoms with Crippen LogP contribution in [0.25, 0.3) is 0 Å². The van der Waals surface area contributed by atoms with Gasteiger partial charge in [0.15, 0.2) is 0 Å². The summed E-state index contributed by atoms with van der Waals surface area (Å²) in [5.41, 5.74) is 1.16. The number of hydrogen-bond donors (Lipinski definition) is 1. The van der Waals surface area contributed by atoms with Gasteiger partial charge in [-0.25, -0.2) is 4.39 Å². The summed E-state index contributed by atoms with van der Waals surface area (Å²) in [4.78, 5) is 2.56. The second kappa shape index (κ2) is 10.2. The van der Waals surface area contributed by atoms with Crippen LogP contribution < -0.4 is 5.32 Å². The van der Waals surface area contributed by atoms with E-state index >= 15 is 0 Å². The summed E-state index contributed by atoms with van der Waals surface area (Å²) in [5.74, 6) is 0.542. The van der Waals surface area contributed by atoms with Crippen LogP contribution in [0.15, 0.2) is 22.7 Å². The number of hydrogen-bond acceptors (Lipinski definition) is 2. The largest absolute Gasteiger partial charge is 0.314 e. The van der Waals surface area contributed by atoms with Gasteiger partial charge < -0.3 is 5.32 Å². The molecule has 0 spiro atoms. The maximum atomic E-state index is 14.0. The fourth-order valence-electron chi connectivity index (χ4n) is 3.89. The van der Waals surface area contributed by atoms with Crippen molar-refractivity contribution >= 4 is 40.7 Å². The van der Waals surface area contributed by atoms with E-state index in [2.05, 4.69) is 32.2 Å². The average Bonchev–Trinajstić information content (AvgIpc) is 2.53. The highest BCUT2D eigenvalue weighted by Gasteiger charge is 2.31. The summed E-state index contributed by atoms with van der Waals surface area (Å²) in [6, 6.07) is 6.10. The number of rotatable bonds is 3. The van der Waals surface area contributed by atoms with Crippen molar-refractivity contribution in [2.45, 2.75) is 38.1 Å². The first-order valence-corrected chi connectivity index (χ1v) is 8.95. The van der Waals surface area contributed by atoms with E-state index < -0.39 is 0 Å². The molecule has 1 heterocycles. The van der Waals surface area contributed by atoms with Crippen molar-refractivity contribution in [3.63, 3.8) is 0 Å². The Kier molecular flexibility index (Phi) is 9.39. The molecule has 1 aliphatic carbocycles. The zero-order valence-corrected chi connectivity index (χ0v) is 16.5. The first-order chi connectivity index (χ1) is 10.3. The van der Waals surface area contributed by atoms with Gasteiger partial charge in [-0.1, -0.05) is 25.3 Å². The van der Waals surface area contributed by atoms with Crippen LogP contribution in [0.3, 0.4) is 0 Å². The fourth-order valence-corrected chi connectivity index (χ4v) is 4.13. The monoisotopic (exact) mass is 426 g/mol. The third kappa shape index (κ3) is 5.30. The molecule has 0 unspecified atom stereocenters. The van der Waals surface area contributed by atoms with E-state index in [0.29, 0.717) is 16.4 Å². The lowest BCUT2D eigenvalue weighted by Gasteiger charge is -2.41. The van der Waals surface area contributed by atoms with Gasteiger partial charge in [-0.2, -0.15) is 0 Å². The van der Waals surface area contributed by atoms with Crippen molar-refractivity contribution in [3.05, 3.63) is 34.1 Å². The molecule has 3 rings (SSSR count). The molecule has 0 radical (unpaired) electrons. The third-order valence-corrected chi connectivity index (χ3v) is 5.57. The lowest BCUT2D eigenvalue weighted by atomic mass is 9.80. The van der Waals surface area contributed by atoms with E-state index in [9.17, 15) is 4.39 Å². The molecule has 0 aromatic heterocycles. The van der Waals surface area contributed by atoms with Crippen LogP contribution in [0.1, 0.15) is 43.7 Å². The highest BCUT2D eigenvalue weighted by molar-refractivity contribution is 9.10. The minimum Gasteiger partial charge on any atom is -0.314 e. The van der Waals surface area contributed by atoms with Crippen molar-refractivity contribution < 1.29 is 4.39 Å². The molecular weight excluding hydrogens is 402 g/mol. The summed E-state index contributed by atoms with van der Waals surface area (Å²) in [5, 5.41) is 3.42. The van der Waals surface area contributed by atoms with Crippen molar-refractivity contribution in [2.24, 2.45) is 5.92 Å². The Labute approximate surface area is 159 Å². The Hall–Kier alpha value is 0.130. The standard InChI is InChI=1S/C17H24BrFN2.2ClH/c18-15-7-6-14(12-16(15)19)17(13-4-2-1-3-5-13)21-10-8-20-9-11-21;;/h6-7,12-13,17,20H,1-5,8-11H2;2*1H/t17-;;/m0../s1. The number of benzene rings is 1. The van der Waals surface area contributed by atoms with Crippen LogP contribution in [-0.4, -0.2) is 31.1 Å². The highest BCUT2D eigenvalue weighted by Crippen LogP contribution is 2.39. The molecule has 132 valence electrons. The second-order valence-corrected chi connectivity index (χ2v) is 7.16. The Morgan fingerprint density at radius 3 is 2.35 bits per heavy atom. The van der Waals surface area contributed by atoms with E-state index in [1.54, 1.807) is 6.07 Å². The smallest absolute Gasteiger partial charge is 0.137 e. The van der Waals surface area contributed by atoms with E-state index in [1.807, 2.05) is 6.07 Å². The molecule has 1 saturated carbocycles. The van der Waals surface area contributed by atoms with Crippen molar-refractivity contribution in [3.8, 4) is 0 Å². The van der Waals surface area contributed by atoms with Crippen LogP contribution in [0.2, 0.25) is 0 Å². The highest BCUT2D eigenvalue weighted by atomic mass is 79.9. The van der Waals surface area contributed by atoms with Gasteiger partial charge >= 0.3 is 0 Å². The normalized spacial score (nSPS) is 21.1. The SMILES string of the molecule is Cl.Cl.Fc1cc([C@H](C2CCCCC2)N2CCNCC2)ccc1Br. The molecule has 2 fully saturated rings. The van der Waals surface area contributed by atoms with Crippen LogP contribution in [-0.2, 0) is 0 Å². The maximum absolute atomic E-state index is 14.0. The Balaban J connectivity index is 0.00000132. The first kappa shape index (κ1) is 21.2. The van der Waals surface area contributed by atoms with Crippen molar-refractivity contribution in [1.82, 2.24) is 10.2 Å². The molecule has 0 amide bonds. The summed E-state index contributed by atoms with van der Waals surface area (Å²) in [7, 11) is 0. The number of piperazine rings is 1. The van der Waals surface area contributed by atoms with Gasteiger partial charge in [-0.15, -0.1) is 24.8 Å². The van der Waals surface area contributed by atoms with Crippen molar-refractivity contribution in [1.29, 1.82) is 0 Å². The van der Waals surface area contributed by atoms with Crippen LogP contribution in [0, 0.1) is 11.7 Å². The van der Waals surface area contributed by atoms with E-state index in [0.717, 1.165) is 31.7 Å². The first-order valence-electron chi connectivity index (χ1n) is 8.15.